The highest BCUT2D eigenvalue weighted by atomic mass is 35.5. The maximum Gasteiger partial charge on any atom is 0.208 e. The highest BCUT2D eigenvalue weighted by Gasteiger charge is 2.06. The van der Waals surface area contributed by atoms with Crippen LogP contribution in [0, 0.1) is 0 Å². The summed E-state index contributed by atoms with van der Waals surface area (Å²) in [6.45, 7) is 4.71. The number of guanidine groups is 1. The number of hydrogen-bond acceptors (Lipinski definition) is 2. The summed E-state index contributed by atoms with van der Waals surface area (Å²) in [5.74, 6) is 6.12. The third-order valence-electron chi connectivity index (χ3n) is 2.18. The van der Waals surface area contributed by atoms with Gasteiger partial charge in [0.2, 0.25) is 5.96 Å². The first-order valence-corrected chi connectivity index (χ1v) is 5.90. The van der Waals surface area contributed by atoms with E-state index in [1.54, 1.807) is 0 Å². The highest BCUT2D eigenvalue weighted by Crippen LogP contribution is 2.12. The van der Waals surface area contributed by atoms with Crippen LogP contribution >= 0.6 is 11.6 Å². The van der Waals surface area contributed by atoms with Gasteiger partial charge in [-0.05, 0) is 31.5 Å². The molecule has 0 amide bonds. The Bertz CT molecular complexity index is 390. The van der Waals surface area contributed by atoms with Gasteiger partial charge in [0.25, 0.3) is 0 Å². The average Bonchev–Trinajstić information content (AvgIpc) is 2.25. The second-order valence-corrected chi connectivity index (χ2v) is 4.61. The van der Waals surface area contributed by atoms with Gasteiger partial charge >= 0.3 is 0 Å². The van der Waals surface area contributed by atoms with Gasteiger partial charge in [0, 0.05) is 24.7 Å². The minimum atomic E-state index is 0.197. The van der Waals surface area contributed by atoms with Crippen LogP contribution in [0.5, 0.6) is 0 Å². The summed E-state index contributed by atoms with van der Waals surface area (Å²) >= 11 is 5.94. The third-order valence-corrected chi connectivity index (χ3v) is 2.42. The molecule has 0 radical (unpaired) electrons. The number of nitrogens with two attached hydrogens (primary N) is 1. The van der Waals surface area contributed by atoms with Gasteiger partial charge in [0.15, 0.2) is 0 Å². The molecule has 1 rings (SSSR count). The quantitative estimate of drug-likeness (QED) is 0.376. The van der Waals surface area contributed by atoms with Crippen LogP contribution in [0.3, 0.4) is 0 Å². The fourth-order valence-corrected chi connectivity index (χ4v) is 1.69. The molecule has 0 atom stereocenters. The molecule has 5 heteroatoms. The molecule has 0 aromatic heterocycles. The molecule has 0 unspecified atom stereocenters. The number of nitrogens with one attached hydrogen (secondary N) is 1. The van der Waals surface area contributed by atoms with Gasteiger partial charge in [-0.3, -0.25) is 5.43 Å². The van der Waals surface area contributed by atoms with Gasteiger partial charge < -0.3 is 4.90 Å². The van der Waals surface area contributed by atoms with E-state index in [4.69, 9.17) is 17.4 Å². The lowest BCUT2D eigenvalue weighted by atomic mass is 10.2. The first-order valence-electron chi connectivity index (χ1n) is 5.53. The van der Waals surface area contributed by atoms with Crippen molar-refractivity contribution in [2.45, 2.75) is 26.4 Å². The van der Waals surface area contributed by atoms with E-state index in [0.29, 0.717) is 12.5 Å². The zero-order valence-corrected chi connectivity index (χ0v) is 11.2. The zero-order valence-electron chi connectivity index (χ0n) is 10.4. The Labute approximate surface area is 107 Å². The molecule has 94 valence electrons. The molecule has 0 saturated heterocycles. The molecule has 4 nitrogen and oxygen atoms in total. The summed E-state index contributed by atoms with van der Waals surface area (Å²) in [4.78, 5) is 6.34. The first kappa shape index (κ1) is 13.8. The van der Waals surface area contributed by atoms with Crippen molar-refractivity contribution >= 4 is 17.6 Å². The van der Waals surface area contributed by atoms with E-state index in [0.717, 1.165) is 10.6 Å². The van der Waals surface area contributed by atoms with Crippen LogP contribution in [-0.4, -0.2) is 23.9 Å². The number of hydrogen-bond donors (Lipinski definition) is 2. The fraction of sp³-hybridized carbons (Fsp3) is 0.417. The molecule has 0 bridgehead atoms. The number of benzene rings is 1. The van der Waals surface area contributed by atoms with Crippen LogP contribution < -0.4 is 11.3 Å². The molecular weight excluding hydrogens is 236 g/mol. The van der Waals surface area contributed by atoms with Crippen molar-refractivity contribution in [1.82, 2.24) is 10.3 Å². The van der Waals surface area contributed by atoms with Crippen molar-refractivity contribution in [2.24, 2.45) is 10.8 Å². The van der Waals surface area contributed by atoms with Gasteiger partial charge in [0.1, 0.15) is 0 Å². The first-order chi connectivity index (χ1) is 8.02. The van der Waals surface area contributed by atoms with Crippen molar-refractivity contribution in [3.8, 4) is 0 Å². The number of hydrazine groups is 1. The topological polar surface area (TPSA) is 53.6 Å². The molecular formula is C12H19ClN4. The van der Waals surface area contributed by atoms with Crippen molar-refractivity contribution in [3.63, 3.8) is 0 Å². The molecule has 0 heterocycles. The molecule has 0 saturated carbocycles. The van der Waals surface area contributed by atoms with Gasteiger partial charge in [-0.2, -0.15) is 0 Å². The van der Waals surface area contributed by atoms with Gasteiger partial charge in [-0.15, -0.1) is 0 Å². The average molecular weight is 255 g/mol. The standard InChI is InChI=1S/C12H19ClN4/c1-9(2)15-12(16-14)17(3)8-10-5-4-6-11(13)7-10/h4-7,9H,8,14H2,1-3H3,(H,15,16). The van der Waals surface area contributed by atoms with Crippen LogP contribution in [0.25, 0.3) is 0 Å². The molecule has 1 aromatic rings. The van der Waals surface area contributed by atoms with Crippen molar-refractivity contribution in [2.75, 3.05) is 7.05 Å². The van der Waals surface area contributed by atoms with E-state index in [1.807, 2.05) is 50.1 Å². The normalized spacial score (nSPS) is 11.8. The number of rotatable bonds is 3. The Kier molecular flexibility index (Phi) is 5.25. The number of nitrogens with zero attached hydrogens (tertiary/aromatic N) is 2. The smallest absolute Gasteiger partial charge is 0.208 e. The minimum Gasteiger partial charge on any atom is -0.341 e. The van der Waals surface area contributed by atoms with E-state index in [2.05, 4.69) is 10.4 Å². The number of aliphatic imine (C=N–C) groups is 1. The molecule has 1 aromatic carbocycles. The van der Waals surface area contributed by atoms with E-state index >= 15 is 0 Å². The molecule has 0 aliphatic carbocycles. The zero-order chi connectivity index (χ0) is 12.8. The second-order valence-electron chi connectivity index (χ2n) is 4.18. The Hall–Kier alpha value is -1.26. The molecule has 17 heavy (non-hydrogen) atoms. The Morgan fingerprint density at radius 3 is 2.76 bits per heavy atom. The largest absolute Gasteiger partial charge is 0.341 e. The van der Waals surface area contributed by atoms with Crippen LogP contribution in [0.1, 0.15) is 19.4 Å². The van der Waals surface area contributed by atoms with E-state index < -0.39 is 0 Å². The molecule has 0 aliphatic heterocycles. The summed E-state index contributed by atoms with van der Waals surface area (Å²) in [6, 6.07) is 7.94. The summed E-state index contributed by atoms with van der Waals surface area (Å²) < 4.78 is 0. The lowest BCUT2D eigenvalue weighted by molar-refractivity contribution is 0.474. The molecule has 0 spiro atoms. The highest BCUT2D eigenvalue weighted by molar-refractivity contribution is 6.30. The summed E-state index contributed by atoms with van der Waals surface area (Å²) in [5, 5.41) is 0.735. The third kappa shape index (κ3) is 4.63. The lowest BCUT2D eigenvalue weighted by Crippen LogP contribution is -2.42. The summed E-state index contributed by atoms with van der Waals surface area (Å²) in [5.41, 5.74) is 3.73. The van der Waals surface area contributed by atoms with Gasteiger partial charge in [-0.25, -0.2) is 10.8 Å². The monoisotopic (exact) mass is 254 g/mol. The van der Waals surface area contributed by atoms with E-state index in [1.165, 1.54) is 0 Å². The minimum absolute atomic E-state index is 0.197. The van der Waals surface area contributed by atoms with Crippen molar-refractivity contribution < 1.29 is 0 Å². The van der Waals surface area contributed by atoms with E-state index in [9.17, 15) is 0 Å². The molecule has 0 fully saturated rings. The maximum atomic E-state index is 5.94. The Morgan fingerprint density at radius 1 is 1.53 bits per heavy atom. The molecule has 3 N–H and O–H groups in total. The fourth-order valence-electron chi connectivity index (χ4n) is 1.47. The van der Waals surface area contributed by atoms with Crippen LogP contribution in [0.15, 0.2) is 29.3 Å². The summed E-state index contributed by atoms with van der Waals surface area (Å²) in [6.07, 6.45) is 0. The second kappa shape index (κ2) is 6.47. The maximum absolute atomic E-state index is 5.94. The SMILES string of the molecule is CC(C)N=C(NN)N(C)Cc1cccc(Cl)c1. The van der Waals surface area contributed by atoms with Crippen molar-refractivity contribution in [3.05, 3.63) is 34.9 Å². The van der Waals surface area contributed by atoms with Crippen LogP contribution in [-0.2, 0) is 6.54 Å². The summed E-state index contributed by atoms with van der Waals surface area (Å²) in [7, 11) is 1.93. The predicted molar refractivity (Wildman–Crippen MR) is 72.8 cm³/mol. The predicted octanol–water partition coefficient (Wildman–Crippen LogP) is 2.00. The van der Waals surface area contributed by atoms with Gasteiger partial charge in [-0.1, -0.05) is 23.7 Å². The Balaban J connectivity index is 2.74. The van der Waals surface area contributed by atoms with Gasteiger partial charge in [0.05, 0.1) is 0 Å². The van der Waals surface area contributed by atoms with E-state index in [-0.39, 0.29) is 6.04 Å². The Morgan fingerprint density at radius 2 is 2.24 bits per heavy atom. The van der Waals surface area contributed by atoms with Crippen LogP contribution in [0.4, 0.5) is 0 Å². The van der Waals surface area contributed by atoms with Crippen LogP contribution in [0.2, 0.25) is 5.02 Å². The number of halogens is 1. The lowest BCUT2D eigenvalue weighted by Gasteiger charge is -2.21. The van der Waals surface area contributed by atoms with Crippen molar-refractivity contribution in [1.29, 1.82) is 0 Å². The molecule has 0 aliphatic rings.